The largest absolute Gasteiger partial charge is 0.355 e. The summed E-state index contributed by atoms with van der Waals surface area (Å²) in [5, 5.41) is 2.89. The fraction of sp³-hybridized carbons (Fsp3) is 0.500. The Morgan fingerprint density at radius 2 is 1.95 bits per heavy atom. The molecule has 0 radical (unpaired) electrons. The second kappa shape index (κ2) is 7.08. The number of nitrogens with one attached hydrogen (secondary N) is 1. The van der Waals surface area contributed by atoms with Gasteiger partial charge in [0.1, 0.15) is 0 Å². The molecule has 1 aromatic carbocycles. The minimum atomic E-state index is -0.0554. The molecule has 0 spiro atoms. The summed E-state index contributed by atoms with van der Waals surface area (Å²) in [6, 6.07) is 10.5. The summed E-state index contributed by atoms with van der Waals surface area (Å²) in [6.45, 7) is 2.39. The van der Waals surface area contributed by atoms with Crippen LogP contribution in [0, 0.1) is 0 Å². The summed E-state index contributed by atoms with van der Waals surface area (Å²) in [6.07, 6.45) is 3.93. The smallest absolute Gasteiger partial charge is 0.239 e. The van der Waals surface area contributed by atoms with Gasteiger partial charge < -0.3 is 10.2 Å². The Bertz CT molecular complexity index is 455. The first-order valence-corrected chi connectivity index (χ1v) is 7.24. The van der Waals surface area contributed by atoms with E-state index in [4.69, 9.17) is 0 Å². The number of hydrogen-bond acceptors (Lipinski definition) is 2. The number of carbonyl (C=O) groups excluding carboxylic acids is 2. The van der Waals surface area contributed by atoms with Crippen molar-refractivity contribution in [2.75, 3.05) is 13.1 Å². The van der Waals surface area contributed by atoms with Crippen molar-refractivity contribution in [3.05, 3.63) is 35.9 Å². The summed E-state index contributed by atoms with van der Waals surface area (Å²) in [4.78, 5) is 24.9. The van der Waals surface area contributed by atoms with E-state index in [1.165, 1.54) is 12.5 Å². The van der Waals surface area contributed by atoms with Crippen LogP contribution in [-0.2, 0) is 16.0 Å². The standard InChI is InChI=1S/C16H22N2O2/c1-13(19)18(15-9-10-15)12-16(20)17-11-5-8-14-6-3-2-4-7-14/h2-4,6-7,15H,5,8-12H2,1H3,(H,17,20). The third kappa shape index (κ3) is 4.68. The van der Waals surface area contributed by atoms with Crippen LogP contribution in [0.2, 0.25) is 0 Å². The van der Waals surface area contributed by atoms with Crippen molar-refractivity contribution >= 4 is 11.8 Å². The number of amides is 2. The number of hydrogen-bond donors (Lipinski definition) is 1. The number of nitrogens with zero attached hydrogens (tertiary/aromatic N) is 1. The van der Waals surface area contributed by atoms with Gasteiger partial charge in [-0.1, -0.05) is 30.3 Å². The van der Waals surface area contributed by atoms with Crippen molar-refractivity contribution in [3.63, 3.8) is 0 Å². The van der Waals surface area contributed by atoms with Crippen molar-refractivity contribution in [2.45, 2.75) is 38.6 Å². The van der Waals surface area contributed by atoms with E-state index in [0.29, 0.717) is 12.6 Å². The molecule has 0 aliphatic heterocycles. The van der Waals surface area contributed by atoms with Gasteiger partial charge in [0, 0.05) is 19.5 Å². The van der Waals surface area contributed by atoms with E-state index in [2.05, 4.69) is 17.4 Å². The third-order valence-electron chi connectivity index (χ3n) is 3.51. The summed E-state index contributed by atoms with van der Waals surface area (Å²) < 4.78 is 0. The third-order valence-corrected chi connectivity index (χ3v) is 3.51. The van der Waals surface area contributed by atoms with Gasteiger partial charge in [-0.05, 0) is 31.2 Å². The highest BCUT2D eigenvalue weighted by atomic mass is 16.2. The highest BCUT2D eigenvalue weighted by Crippen LogP contribution is 2.26. The molecule has 4 nitrogen and oxygen atoms in total. The van der Waals surface area contributed by atoms with Crippen molar-refractivity contribution in [1.82, 2.24) is 10.2 Å². The monoisotopic (exact) mass is 274 g/mol. The highest BCUT2D eigenvalue weighted by molar-refractivity contribution is 5.84. The van der Waals surface area contributed by atoms with E-state index in [9.17, 15) is 9.59 Å². The van der Waals surface area contributed by atoms with Gasteiger partial charge in [-0.25, -0.2) is 0 Å². The molecule has 0 heterocycles. The van der Waals surface area contributed by atoms with Crippen LogP contribution in [0.5, 0.6) is 0 Å². The van der Waals surface area contributed by atoms with Gasteiger partial charge in [0.2, 0.25) is 11.8 Å². The maximum Gasteiger partial charge on any atom is 0.239 e. The van der Waals surface area contributed by atoms with Crippen LogP contribution in [0.1, 0.15) is 31.7 Å². The molecule has 2 amide bonds. The molecule has 4 heteroatoms. The van der Waals surface area contributed by atoms with E-state index in [-0.39, 0.29) is 18.4 Å². The molecule has 1 saturated carbocycles. The van der Waals surface area contributed by atoms with E-state index in [1.807, 2.05) is 18.2 Å². The zero-order valence-electron chi connectivity index (χ0n) is 12.0. The van der Waals surface area contributed by atoms with E-state index >= 15 is 0 Å². The summed E-state index contributed by atoms with van der Waals surface area (Å²) in [5.41, 5.74) is 1.28. The van der Waals surface area contributed by atoms with Gasteiger partial charge in [0.15, 0.2) is 0 Å². The molecule has 1 aliphatic carbocycles. The minimum absolute atomic E-state index is 0.00747. The van der Waals surface area contributed by atoms with Crippen LogP contribution in [0.3, 0.4) is 0 Å². The van der Waals surface area contributed by atoms with Gasteiger partial charge in [0.05, 0.1) is 6.54 Å². The SMILES string of the molecule is CC(=O)N(CC(=O)NCCCc1ccccc1)C1CC1. The molecular weight excluding hydrogens is 252 g/mol. The number of carbonyl (C=O) groups is 2. The molecule has 108 valence electrons. The van der Waals surface area contributed by atoms with Crippen molar-refractivity contribution in [3.8, 4) is 0 Å². The van der Waals surface area contributed by atoms with E-state index < -0.39 is 0 Å². The second-order valence-electron chi connectivity index (χ2n) is 5.32. The van der Waals surface area contributed by atoms with Crippen LogP contribution in [0.25, 0.3) is 0 Å². The predicted molar refractivity (Wildman–Crippen MR) is 78.2 cm³/mol. The second-order valence-corrected chi connectivity index (χ2v) is 5.32. The average molecular weight is 274 g/mol. The Morgan fingerprint density at radius 1 is 1.25 bits per heavy atom. The van der Waals surface area contributed by atoms with Crippen molar-refractivity contribution in [1.29, 1.82) is 0 Å². The number of rotatable bonds is 7. The van der Waals surface area contributed by atoms with Gasteiger partial charge in [-0.3, -0.25) is 9.59 Å². The molecule has 0 unspecified atom stereocenters. The predicted octanol–water partition coefficient (Wildman–Crippen LogP) is 1.75. The number of benzene rings is 1. The zero-order valence-corrected chi connectivity index (χ0v) is 12.0. The average Bonchev–Trinajstić information content (AvgIpc) is 3.26. The summed E-state index contributed by atoms with van der Waals surface area (Å²) in [7, 11) is 0. The fourth-order valence-electron chi connectivity index (χ4n) is 2.26. The zero-order chi connectivity index (χ0) is 14.4. The lowest BCUT2D eigenvalue weighted by Gasteiger charge is -2.19. The molecule has 2 rings (SSSR count). The van der Waals surface area contributed by atoms with Crippen LogP contribution in [0.4, 0.5) is 0 Å². The molecular formula is C16H22N2O2. The Kier molecular flexibility index (Phi) is 5.16. The quantitative estimate of drug-likeness (QED) is 0.770. The van der Waals surface area contributed by atoms with Crippen LogP contribution >= 0.6 is 0 Å². The molecule has 0 atom stereocenters. The normalized spacial score (nSPS) is 13.8. The highest BCUT2D eigenvalue weighted by Gasteiger charge is 2.31. The lowest BCUT2D eigenvalue weighted by molar-refractivity contribution is -0.134. The number of aryl methyl sites for hydroxylation is 1. The molecule has 0 saturated heterocycles. The molecule has 1 aromatic rings. The molecule has 1 fully saturated rings. The molecule has 1 N–H and O–H groups in total. The topological polar surface area (TPSA) is 49.4 Å². The molecule has 0 bridgehead atoms. The Hall–Kier alpha value is -1.84. The van der Waals surface area contributed by atoms with E-state index in [0.717, 1.165) is 25.7 Å². The Morgan fingerprint density at radius 3 is 2.55 bits per heavy atom. The Labute approximate surface area is 120 Å². The summed E-state index contributed by atoms with van der Waals surface area (Å²) in [5.74, 6) is -0.0629. The van der Waals surface area contributed by atoms with Crippen LogP contribution in [0.15, 0.2) is 30.3 Å². The van der Waals surface area contributed by atoms with Gasteiger partial charge in [-0.15, -0.1) is 0 Å². The molecule has 1 aliphatic rings. The van der Waals surface area contributed by atoms with Gasteiger partial charge in [-0.2, -0.15) is 0 Å². The Balaban J connectivity index is 1.63. The van der Waals surface area contributed by atoms with E-state index in [1.54, 1.807) is 4.90 Å². The van der Waals surface area contributed by atoms with Crippen LogP contribution < -0.4 is 5.32 Å². The van der Waals surface area contributed by atoms with Crippen molar-refractivity contribution < 1.29 is 9.59 Å². The van der Waals surface area contributed by atoms with Gasteiger partial charge >= 0.3 is 0 Å². The molecule has 0 aromatic heterocycles. The molecule has 20 heavy (non-hydrogen) atoms. The fourth-order valence-corrected chi connectivity index (χ4v) is 2.26. The lowest BCUT2D eigenvalue weighted by atomic mass is 10.1. The van der Waals surface area contributed by atoms with Crippen molar-refractivity contribution in [2.24, 2.45) is 0 Å². The minimum Gasteiger partial charge on any atom is -0.355 e. The van der Waals surface area contributed by atoms with Gasteiger partial charge in [0.25, 0.3) is 0 Å². The lowest BCUT2D eigenvalue weighted by Crippen LogP contribution is -2.41. The first-order valence-electron chi connectivity index (χ1n) is 7.24. The maximum absolute atomic E-state index is 11.8. The van der Waals surface area contributed by atoms with Crippen LogP contribution in [-0.4, -0.2) is 35.8 Å². The maximum atomic E-state index is 11.8. The first-order chi connectivity index (χ1) is 9.66. The first kappa shape index (κ1) is 14.6. The summed E-state index contributed by atoms with van der Waals surface area (Å²) >= 11 is 0.